The second-order valence-corrected chi connectivity index (χ2v) is 8.70. The Balaban J connectivity index is 1.82. The largest absolute Gasteiger partial charge is 0.497 e. The maximum absolute atomic E-state index is 12.9. The summed E-state index contributed by atoms with van der Waals surface area (Å²) in [6, 6.07) is 13.5. The van der Waals surface area contributed by atoms with Gasteiger partial charge in [-0.05, 0) is 63.1 Å². The molecule has 1 aliphatic heterocycles. The lowest BCUT2D eigenvalue weighted by molar-refractivity contribution is 0.0216. The van der Waals surface area contributed by atoms with Crippen LogP contribution in [0.15, 0.2) is 42.5 Å². The maximum atomic E-state index is 12.9. The highest BCUT2D eigenvalue weighted by Crippen LogP contribution is 2.31. The molecule has 0 spiro atoms. The number of methoxy groups -OCH3 is 1. The summed E-state index contributed by atoms with van der Waals surface area (Å²) in [6.45, 7) is 8.29. The van der Waals surface area contributed by atoms with Gasteiger partial charge in [-0.15, -0.1) is 0 Å². The fourth-order valence-corrected chi connectivity index (χ4v) is 3.20. The average Bonchev–Trinajstić information content (AvgIpc) is 2.68. The van der Waals surface area contributed by atoms with Crippen molar-refractivity contribution in [3.63, 3.8) is 0 Å². The number of carbonyl (C=O) groups is 1. The first-order valence-corrected chi connectivity index (χ1v) is 10.3. The minimum Gasteiger partial charge on any atom is -0.497 e. The molecule has 0 aromatic heterocycles. The van der Waals surface area contributed by atoms with Crippen LogP contribution in [-0.4, -0.2) is 34.8 Å². The molecule has 30 heavy (non-hydrogen) atoms. The summed E-state index contributed by atoms with van der Waals surface area (Å²) in [5, 5.41) is 3.21. The molecule has 2 aromatic carbocycles. The Labute approximate surface area is 183 Å². The molecule has 1 unspecified atom stereocenters. The lowest BCUT2D eigenvalue weighted by atomic mass is 10.1. The van der Waals surface area contributed by atoms with Crippen LogP contribution in [0.1, 0.15) is 38.8 Å². The van der Waals surface area contributed by atoms with Gasteiger partial charge in [0.1, 0.15) is 28.2 Å². The Morgan fingerprint density at radius 3 is 2.40 bits per heavy atom. The second-order valence-electron chi connectivity index (χ2n) is 8.26. The van der Waals surface area contributed by atoms with E-state index < -0.39 is 5.60 Å². The van der Waals surface area contributed by atoms with Crippen molar-refractivity contribution in [2.75, 3.05) is 12.4 Å². The molecule has 0 bridgehead atoms. The van der Waals surface area contributed by atoms with Crippen molar-refractivity contribution in [1.82, 2.24) is 4.90 Å². The molecule has 2 aromatic rings. The van der Waals surface area contributed by atoms with E-state index in [9.17, 15) is 4.79 Å². The summed E-state index contributed by atoms with van der Waals surface area (Å²) >= 11 is 5.31. The van der Waals surface area contributed by atoms with Gasteiger partial charge < -0.3 is 19.5 Å². The molecular formula is C23H28N2O4S. The molecule has 0 saturated heterocycles. The first-order valence-electron chi connectivity index (χ1n) is 9.86. The molecule has 0 radical (unpaired) electrons. The summed E-state index contributed by atoms with van der Waals surface area (Å²) < 4.78 is 16.7. The Morgan fingerprint density at radius 2 is 1.77 bits per heavy atom. The normalized spacial score (nSPS) is 15.5. The highest BCUT2D eigenvalue weighted by molar-refractivity contribution is 7.80. The van der Waals surface area contributed by atoms with Gasteiger partial charge in [-0.25, -0.2) is 4.79 Å². The van der Waals surface area contributed by atoms with E-state index in [4.69, 9.17) is 26.4 Å². The van der Waals surface area contributed by atoms with Crippen LogP contribution in [0.5, 0.6) is 11.5 Å². The monoisotopic (exact) mass is 428 g/mol. The fraction of sp³-hybridized carbons (Fsp3) is 0.391. The summed E-state index contributed by atoms with van der Waals surface area (Å²) in [4.78, 5) is 15.2. The number of hydrogen-bond acceptors (Lipinski definition) is 5. The number of nitrogens with zero attached hydrogens (tertiary/aromatic N) is 1. The lowest BCUT2D eigenvalue weighted by Gasteiger charge is -2.29. The average molecular weight is 429 g/mol. The van der Waals surface area contributed by atoms with Gasteiger partial charge in [-0.1, -0.05) is 30.4 Å². The van der Waals surface area contributed by atoms with E-state index in [1.807, 2.05) is 70.2 Å². The number of thiocarbonyl (C=S) groups is 1. The van der Waals surface area contributed by atoms with E-state index in [0.29, 0.717) is 18.1 Å². The third-order valence-corrected chi connectivity index (χ3v) is 4.97. The van der Waals surface area contributed by atoms with Crippen LogP contribution < -0.4 is 14.8 Å². The van der Waals surface area contributed by atoms with Crippen molar-refractivity contribution in [1.29, 1.82) is 0 Å². The van der Waals surface area contributed by atoms with Crippen molar-refractivity contribution < 1.29 is 19.0 Å². The highest BCUT2D eigenvalue weighted by atomic mass is 32.1. The van der Waals surface area contributed by atoms with Crippen molar-refractivity contribution in [3.05, 3.63) is 53.6 Å². The molecule has 1 heterocycles. The topological polar surface area (TPSA) is 60.0 Å². The van der Waals surface area contributed by atoms with Gasteiger partial charge in [-0.3, -0.25) is 4.90 Å². The van der Waals surface area contributed by atoms with Crippen molar-refractivity contribution >= 4 is 29.0 Å². The molecule has 1 atom stereocenters. The number of benzene rings is 2. The Hall–Kier alpha value is -2.80. The number of nitrogens with one attached hydrogen (secondary N) is 1. The van der Waals surface area contributed by atoms with Crippen LogP contribution in [0.25, 0.3) is 0 Å². The van der Waals surface area contributed by atoms with Gasteiger partial charge in [0.2, 0.25) is 0 Å². The van der Waals surface area contributed by atoms with Gasteiger partial charge >= 0.3 is 6.09 Å². The standard InChI is InChI=1S/C23H28N2O4S/c1-15-21(30)24-19-12-17(8-11-20(19)28-15)14-25(22(26)29-23(2,3)4)13-16-6-9-18(27-5)10-7-16/h6-12,15H,13-14H2,1-5H3,(H,24,30). The van der Waals surface area contributed by atoms with E-state index >= 15 is 0 Å². The molecular weight excluding hydrogens is 400 g/mol. The zero-order chi connectivity index (χ0) is 21.9. The number of ether oxygens (including phenoxy) is 3. The third kappa shape index (κ3) is 5.63. The zero-order valence-electron chi connectivity index (χ0n) is 18.0. The van der Waals surface area contributed by atoms with E-state index in [1.54, 1.807) is 12.0 Å². The molecule has 0 fully saturated rings. The first kappa shape index (κ1) is 21.9. The number of rotatable bonds is 5. The van der Waals surface area contributed by atoms with Crippen LogP contribution in [0, 0.1) is 0 Å². The smallest absolute Gasteiger partial charge is 0.410 e. The summed E-state index contributed by atoms with van der Waals surface area (Å²) in [6.07, 6.45) is -0.531. The van der Waals surface area contributed by atoms with Gasteiger partial charge in [0.25, 0.3) is 0 Å². The second kappa shape index (κ2) is 8.92. The van der Waals surface area contributed by atoms with Gasteiger partial charge in [0.15, 0.2) is 0 Å². The number of fused-ring (bicyclic) bond motifs is 1. The molecule has 1 aliphatic rings. The van der Waals surface area contributed by atoms with Crippen molar-refractivity contribution in [2.45, 2.75) is 52.5 Å². The molecule has 3 rings (SSSR count). The molecule has 0 saturated carbocycles. The van der Waals surface area contributed by atoms with Crippen LogP contribution in [0.4, 0.5) is 10.5 Å². The Bertz CT molecular complexity index is 922. The predicted molar refractivity (Wildman–Crippen MR) is 121 cm³/mol. The van der Waals surface area contributed by atoms with Crippen molar-refractivity contribution in [2.24, 2.45) is 0 Å². The molecule has 0 aliphatic carbocycles. The molecule has 1 amide bonds. The molecule has 6 nitrogen and oxygen atoms in total. The summed E-state index contributed by atoms with van der Waals surface area (Å²) in [7, 11) is 1.63. The van der Waals surface area contributed by atoms with Crippen LogP contribution >= 0.6 is 12.2 Å². The van der Waals surface area contributed by atoms with Crippen LogP contribution in [0.2, 0.25) is 0 Å². The highest BCUT2D eigenvalue weighted by Gasteiger charge is 2.24. The number of hydrogen-bond donors (Lipinski definition) is 1. The van der Waals surface area contributed by atoms with Gasteiger partial charge in [-0.2, -0.15) is 0 Å². The SMILES string of the molecule is COc1ccc(CN(Cc2ccc3c(c2)NC(=S)C(C)O3)C(=O)OC(C)(C)C)cc1. The first-order chi connectivity index (χ1) is 14.1. The Kier molecular flexibility index (Phi) is 6.51. The quantitative estimate of drug-likeness (QED) is 0.665. The molecule has 7 heteroatoms. The van der Waals surface area contributed by atoms with Crippen molar-refractivity contribution in [3.8, 4) is 11.5 Å². The lowest BCUT2D eigenvalue weighted by Crippen LogP contribution is -2.36. The Morgan fingerprint density at radius 1 is 1.13 bits per heavy atom. The summed E-state index contributed by atoms with van der Waals surface area (Å²) in [5.74, 6) is 1.52. The predicted octanol–water partition coefficient (Wildman–Crippen LogP) is 5.15. The van der Waals surface area contributed by atoms with Gasteiger partial charge in [0.05, 0.1) is 12.8 Å². The van der Waals surface area contributed by atoms with E-state index in [0.717, 1.165) is 28.3 Å². The fourth-order valence-electron chi connectivity index (χ4n) is 3.04. The minimum absolute atomic E-state index is 0.160. The number of amides is 1. The number of anilines is 1. The van der Waals surface area contributed by atoms with E-state index in [1.165, 1.54) is 0 Å². The molecule has 1 N–H and O–H groups in total. The third-order valence-electron chi connectivity index (χ3n) is 4.53. The molecule has 160 valence electrons. The van der Waals surface area contributed by atoms with Crippen LogP contribution in [0.3, 0.4) is 0 Å². The maximum Gasteiger partial charge on any atom is 0.410 e. The number of carbonyl (C=O) groups excluding carboxylic acids is 1. The van der Waals surface area contributed by atoms with E-state index in [-0.39, 0.29) is 12.2 Å². The minimum atomic E-state index is -0.581. The van der Waals surface area contributed by atoms with Gasteiger partial charge in [0, 0.05) is 13.1 Å². The van der Waals surface area contributed by atoms with E-state index in [2.05, 4.69) is 5.32 Å². The van der Waals surface area contributed by atoms with Crippen LogP contribution in [-0.2, 0) is 17.8 Å². The zero-order valence-corrected chi connectivity index (χ0v) is 18.8. The summed E-state index contributed by atoms with van der Waals surface area (Å²) in [5.41, 5.74) is 2.16.